The van der Waals surface area contributed by atoms with E-state index in [0.717, 1.165) is 42.3 Å². The van der Waals surface area contributed by atoms with Gasteiger partial charge in [-0.15, -0.1) is 10.2 Å². The van der Waals surface area contributed by atoms with Crippen LogP contribution in [0.1, 0.15) is 34.0 Å². The highest BCUT2D eigenvalue weighted by Crippen LogP contribution is 2.16. The molecule has 6 nitrogen and oxygen atoms in total. The van der Waals surface area contributed by atoms with Gasteiger partial charge in [-0.2, -0.15) is 0 Å². The molecule has 128 valence electrons. The van der Waals surface area contributed by atoms with Crippen LogP contribution in [0.4, 0.5) is 0 Å². The van der Waals surface area contributed by atoms with E-state index in [0.29, 0.717) is 18.5 Å². The zero-order valence-corrected chi connectivity index (χ0v) is 14.3. The second kappa shape index (κ2) is 6.55. The van der Waals surface area contributed by atoms with Gasteiger partial charge in [0.1, 0.15) is 11.6 Å². The number of amides is 1. The molecular formula is C19H21N5O. The fourth-order valence-electron chi connectivity index (χ4n) is 3.35. The predicted octanol–water partition coefficient (Wildman–Crippen LogP) is 2.30. The molecule has 0 spiro atoms. The van der Waals surface area contributed by atoms with E-state index in [1.165, 1.54) is 0 Å². The first kappa shape index (κ1) is 15.6. The number of benzene rings is 1. The number of aromatic nitrogens is 4. The standard InChI is InChI=1S/C19H21N5O/c1-14-13-15(23-10-2-3-11-23)6-7-16(14)19(25)20-9-8-18-22-21-17-5-4-12-24(17)18/h2-3,6-7,10-11,13H,4-5,8-9,12H2,1H3,(H,20,25). The van der Waals surface area contributed by atoms with E-state index in [4.69, 9.17) is 0 Å². The van der Waals surface area contributed by atoms with E-state index in [2.05, 4.69) is 20.1 Å². The van der Waals surface area contributed by atoms with Crippen molar-refractivity contribution in [3.8, 4) is 5.69 Å². The van der Waals surface area contributed by atoms with Gasteiger partial charge >= 0.3 is 0 Å². The summed E-state index contributed by atoms with van der Waals surface area (Å²) in [6.45, 7) is 3.52. The lowest BCUT2D eigenvalue weighted by atomic mass is 10.1. The maximum absolute atomic E-state index is 12.5. The lowest BCUT2D eigenvalue weighted by Crippen LogP contribution is -2.27. The molecule has 0 unspecified atom stereocenters. The quantitative estimate of drug-likeness (QED) is 0.778. The molecule has 0 saturated heterocycles. The summed E-state index contributed by atoms with van der Waals surface area (Å²) >= 11 is 0. The number of carbonyl (C=O) groups is 1. The average Bonchev–Trinajstić information content (AvgIpc) is 3.34. The van der Waals surface area contributed by atoms with Gasteiger partial charge in [-0.1, -0.05) is 0 Å². The summed E-state index contributed by atoms with van der Waals surface area (Å²) in [5, 5.41) is 11.4. The fraction of sp³-hybridized carbons (Fsp3) is 0.316. The van der Waals surface area contributed by atoms with Crippen molar-refractivity contribution in [1.82, 2.24) is 24.6 Å². The van der Waals surface area contributed by atoms with Gasteiger partial charge in [0.15, 0.2) is 0 Å². The lowest BCUT2D eigenvalue weighted by molar-refractivity contribution is 0.0953. The topological polar surface area (TPSA) is 64.7 Å². The third-order valence-corrected chi connectivity index (χ3v) is 4.68. The molecule has 0 bridgehead atoms. The van der Waals surface area contributed by atoms with Crippen LogP contribution in [0.2, 0.25) is 0 Å². The van der Waals surface area contributed by atoms with Crippen molar-refractivity contribution in [2.24, 2.45) is 0 Å². The maximum Gasteiger partial charge on any atom is 0.251 e. The summed E-state index contributed by atoms with van der Waals surface area (Å²) in [7, 11) is 0. The molecule has 3 aromatic rings. The first-order valence-corrected chi connectivity index (χ1v) is 8.65. The third kappa shape index (κ3) is 3.07. The molecule has 1 aromatic carbocycles. The van der Waals surface area contributed by atoms with Crippen LogP contribution in [0.15, 0.2) is 42.7 Å². The molecule has 0 saturated carbocycles. The van der Waals surface area contributed by atoms with Crippen LogP contribution in [-0.2, 0) is 19.4 Å². The van der Waals surface area contributed by atoms with E-state index in [1.54, 1.807) is 0 Å². The van der Waals surface area contributed by atoms with Gasteiger partial charge in [-0.3, -0.25) is 4.79 Å². The molecule has 1 N–H and O–H groups in total. The monoisotopic (exact) mass is 335 g/mol. The summed E-state index contributed by atoms with van der Waals surface area (Å²) in [6.07, 6.45) is 6.83. The number of nitrogens with one attached hydrogen (secondary N) is 1. The van der Waals surface area contributed by atoms with Gasteiger partial charge in [-0.25, -0.2) is 0 Å². The molecule has 3 heterocycles. The first-order valence-electron chi connectivity index (χ1n) is 8.65. The van der Waals surface area contributed by atoms with Gasteiger partial charge in [-0.05, 0) is 49.2 Å². The Balaban J connectivity index is 1.39. The Kier molecular flexibility index (Phi) is 4.09. The number of rotatable bonds is 5. The second-order valence-electron chi connectivity index (χ2n) is 6.38. The van der Waals surface area contributed by atoms with Crippen molar-refractivity contribution in [1.29, 1.82) is 0 Å². The van der Waals surface area contributed by atoms with E-state index in [1.807, 2.05) is 54.2 Å². The normalized spacial score (nSPS) is 13.0. The lowest BCUT2D eigenvalue weighted by Gasteiger charge is -2.10. The summed E-state index contributed by atoms with van der Waals surface area (Å²) in [4.78, 5) is 12.5. The van der Waals surface area contributed by atoms with Crippen molar-refractivity contribution < 1.29 is 4.79 Å². The van der Waals surface area contributed by atoms with Gasteiger partial charge in [0.25, 0.3) is 5.91 Å². The SMILES string of the molecule is Cc1cc(-n2cccc2)ccc1C(=O)NCCc1nnc2n1CCC2. The number of nitrogens with zero attached hydrogens (tertiary/aromatic N) is 4. The molecular weight excluding hydrogens is 314 g/mol. The molecule has 0 radical (unpaired) electrons. The van der Waals surface area contributed by atoms with Crippen LogP contribution in [-0.4, -0.2) is 31.8 Å². The van der Waals surface area contributed by atoms with Crippen LogP contribution >= 0.6 is 0 Å². The summed E-state index contributed by atoms with van der Waals surface area (Å²) in [6, 6.07) is 9.84. The molecule has 1 amide bonds. The molecule has 0 fully saturated rings. The average molecular weight is 335 g/mol. The maximum atomic E-state index is 12.5. The first-order chi connectivity index (χ1) is 12.2. The van der Waals surface area contributed by atoms with Crippen molar-refractivity contribution in [2.75, 3.05) is 6.54 Å². The van der Waals surface area contributed by atoms with Crippen molar-refractivity contribution in [2.45, 2.75) is 32.7 Å². The molecule has 1 aliphatic heterocycles. The Morgan fingerprint density at radius 1 is 1.24 bits per heavy atom. The largest absolute Gasteiger partial charge is 0.352 e. The minimum atomic E-state index is -0.0438. The Labute approximate surface area is 146 Å². The number of aryl methyl sites for hydroxylation is 2. The second-order valence-corrected chi connectivity index (χ2v) is 6.38. The summed E-state index contributed by atoms with van der Waals surface area (Å²) in [5.74, 6) is 1.99. The molecule has 0 aliphatic carbocycles. The highest BCUT2D eigenvalue weighted by molar-refractivity contribution is 5.95. The van der Waals surface area contributed by atoms with Crippen molar-refractivity contribution in [3.05, 3.63) is 65.5 Å². The Bertz CT molecular complexity index is 895. The Hall–Kier alpha value is -2.89. The van der Waals surface area contributed by atoms with Crippen molar-refractivity contribution in [3.63, 3.8) is 0 Å². The van der Waals surface area contributed by atoms with Gasteiger partial charge in [0, 0.05) is 49.6 Å². The zero-order valence-electron chi connectivity index (χ0n) is 14.3. The van der Waals surface area contributed by atoms with Gasteiger partial charge in [0.05, 0.1) is 0 Å². The fourth-order valence-corrected chi connectivity index (χ4v) is 3.35. The van der Waals surface area contributed by atoms with E-state index in [-0.39, 0.29) is 5.91 Å². The van der Waals surface area contributed by atoms with E-state index >= 15 is 0 Å². The zero-order chi connectivity index (χ0) is 17.2. The molecule has 4 rings (SSSR count). The Morgan fingerprint density at radius 2 is 2.08 bits per heavy atom. The third-order valence-electron chi connectivity index (χ3n) is 4.68. The molecule has 0 atom stereocenters. The molecule has 2 aromatic heterocycles. The highest BCUT2D eigenvalue weighted by atomic mass is 16.1. The van der Waals surface area contributed by atoms with E-state index in [9.17, 15) is 4.79 Å². The van der Waals surface area contributed by atoms with Crippen LogP contribution in [0.3, 0.4) is 0 Å². The van der Waals surface area contributed by atoms with Gasteiger partial charge in [0.2, 0.25) is 0 Å². The number of carbonyl (C=O) groups excluding carboxylic acids is 1. The van der Waals surface area contributed by atoms with Crippen LogP contribution < -0.4 is 5.32 Å². The number of hydrogen-bond acceptors (Lipinski definition) is 3. The highest BCUT2D eigenvalue weighted by Gasteiger charge is 2.17. The summed E-state index contributed by atoms with van der Waals surface area (Å²) < 4.78 is 4.20. The predicted molar refractivity (Wildman–Crippen MR) is 94.9 cm³/mol. The summed E-state index contributed by atoms with van der Waals surface area (Å²) in [5.41, 5.74) is 2.73. The van der Waals surface area contributed by atoms with Crippen molar-refractivity contribution >= 4 is 5.91 Å². The Morgan fingerprint density at radius 3 is 2.88 bits per heavy atom. The minimum absolute atomic E-state index is 0.0438. The van der Waals surface area contributed by atoms with Crippen LogP contribution in [0, 0.1) is 6.92 Å². The van der Waals surface area contributed by atoms with E-state index < -0.39 is 0 Å². The van der Waals surface area contributed by atoms with Crippen LogP contribution in [0.5, 0.6) is 0 Å². The minimum Gasteiger partial charge on any atom is -0.352 e. The van der Waals surface area contributed by atoms with Crippen LogP contribution in [0.25, 0.3) is 5.69 Å². The van der Waals surface area contributed by atoms with Gasteiger partial charge < -0.3 is 14.5 Å². The smallest absolute Gasteiger partial charge is 0.251 e. The molecule has 1 aliphatic rings. The number of hydrogen-bond donors (Lipinski definition) is 1. The number of fused-ring (bicyclic) bond motifs is 1. The molecule has 6 heteroatoms. The molecule has 25 heavy (non-hydrogen) atoms.